The molecule has 16 aromatic rings. The Morgan fingerprint density at radius 2 is 0.626 bits per heavy atom. The number of fused-ring (bicyclic) bond motifs is 4. The van der Waals surface area contributed by atoms with Crippen LogP contribution in [0.15, 0.2) is 244 Å². The van der Waals surface area contributed by atoms with Crippen LogP contribution in [0.1, 0.15) is 181 Å². The standard InChI is InChI=1S/C26H28N6O2.C25H24N6O2.C25H26N6O.C25H24N6O/c1-16-5-2-3-8-21(16)26(34)28-14-17-9-11-18(12-10-17)23-22-24(27)29-15-30-25(22)32(31-23)19-6-4-7-20(33)13-19;1-15-4-2-3-5-20(15)25(33)27-13-16-6-8-17(9-7-16)22-21-23(26)28-14-29-24(21)31(30-22)18-10-11-19(32)12-18;2*1-16-6-2-5-9-20(16)25(32)27-14-17-10-12-18(13-11-17)22-21-23(26)28-15-29-24(21)31(30-22)19-7-3-4-8-19/h2-3,5,8-12,15,19-20,33H,4,6-7,13-14H2,1H3,(H,28,34)(H2,27,29,30);2-11,14,18-19,32H,12-13H2,1H3,(H,27,33)(H2,26,28,29);2,5-6,9-13,15,19H,3-4,7-8,14H2,1H3,(H,27,32)(H2,26,28,29);2-6,9-13,15,19H,7-8,14H2,1H3,(H,27,32)(H2,26,28,29). The Hall–Kier alpha value is -15.6. The smallest absolute Gasteiger partial charge is 0.251 e. The molecule has 8 aromatic carbocycles. The lowest BCUT2D eigenvalue weighted by molar-refractivity contribution is 0.0942. The van der Waals surface area contributed by atoms with Crippen LogP contribution in [0.25, 0.3) is 89.2 Å². The quantitative estimate of drug-likeness (QED) is 0.0317. The van der Waals surface area contributed by atoms with E-state index in [0.717, 1.165) is 156 Å². The van der Waals surface area contributed by atoms with Gasteiger partial charge >= 0.3 is 0 Å². The number of aromatic nitrogens is 16. The van der Waals surface area contributed by atoms with E-state index in [1.165, 1.54) is 38.2 Å². The zero-order chi connectivity index (χ0) is 90.8. The number of aliphatic hydroxyl groups excluding tert-OH is 2. The van der Waals surface area contributed by atoms with Crippen molar-refractivity contribution in [3.63, 3.8) is 0 Å². The number of amides is 4. The third-order valence-corrected chi connectivity index (χ3v) is 24.7. The highest BCUT2D eigenvalue weighted by atomic mass is 16.3. The number of hydrogen-bond donors (Lipinski definition) is 10. The maximum atomic E-state index is 12.5. The highest BCUT2D eigenvalue weighted by Crippen LogP contribution is 2.41. The number of carbonyl (C=O) groups excluding carboxylic acids is 4. The van der Waals surface area contributed by atoms with Crippen LogP contribution in [0, 0.1) is 27.7 Å². The van der Waals surface area contributed by atoms with Crippen LogP contribution >= 0.6 is 0 Å². The van der Waals surface area contributed by atoms with Gasteiger partial charge in [-0.2, -0.15) is 20.4 Å². The van der Waals surface area contributed by atoms with Crippen molar-refractivity contribution in [2.24, 2.45) is 0 Å². The number of nitrogen functional groups attached to an aromatic ring is 4. The fraction of sp³-hybridized carbons (Fsp3) is 0.248. The molecule has 30 heteroatoms. The summed E-state index contributed by atoms with van der Waals surface area (Å²) in [4.78, 5) is 84.5. The minimum absolute atomic E-state index is 0.0709. The molecule has 14 N–H and O–H groups in total. The fourth-order valence-corrected chi connectivity index (χ4v) is 17.5. The molecule has 2 fully saturated rings. The van der Waals surface area contributed by atoms with Crippen molar-refractivity contribution in [3.05, 3.63) is 310 Å². The summed E-state index contributed by atoms with van der Waals surface area (Å²) in [5.41, 5.74) is 45.0. The predicted molar refractivity (Wildman–Crippen MR) is 507 cm³/mol. The zero-order valence-corrected chi connectivity index (χ0v) is 73.2. The lowest BCUT2D eigenvalue weighted by Crippen LogP contribution is -2.23. The van der Waals surface area contributed by atoms with Crippen molar-refractivity contribution in [1.82, 2.24) is 100 Å². The second-order valence-corrected chi connectivity index (χ2v) is 33.5. The largest absolute Gasteiger partial charge is 0.393 e. The van der Waals surface area contributed by atoms with E-state index >= 15 is 0 Å². The van der Waals surface area contributed by atoms with Crippen molar-refractivity contribution >= 4 is 91.0 Å². The van der Waals surface area contributed by atoms with E-state index in [4.69, 9.17) is 43.3 Å². The Bertz CT molecular complexity index is 6740. The molecule has 8 aromatic heterocycles. The van der Waals surface area contributed by atoms with Crippen LogP contribution in [-0.2, 0) is 26.2 Å². The molecular formula is C101H102N24O6. The number of aryl methyl sites for hydroxylation is 4. The number of nitrogens with one attached hydrogen (secondary N) is 4. The van der Waals surface area contributed by atoms with E-state index in [9.17, 15) is 29.4 Å². The number of rotatable bonds is 20. The highest BCUT2D eigenvalue weighted by molar-refractivity contribution is 6.03. The number of hydrogen-bond acceptors (Lipinski definition) is 22. The Morgan fingerprint density at radius 3 is 0.931 bits per heavy atom. The third-order valence-electron chi connectivity index (χ3n) is 24.7. The van der Waals surface area contributed by atoms with Gasteiger partial charge < -0.3 is 54.4 Å². The van der Waals surface area contributed by atoms with E-state index < -0.39 is 6.10 Å². The van der Waals surface area contributed by atoms with E-state index in [1.54, 1.807) is 10.8 Å². The molecule has 2 saturated carbocycles. The maximum absolute atomic E-state index is 12.5. The number of allylic oxidation sites excluding steroid dienone is 3. The number of nitrogens with zero attached hydrogens (tertiary/aromatic N) is 16. The van der Waals surface area contributed by atoms with Gasteiger partial charge in [0, 0.05) is 77.1 Å². The minimum Gasteiger partial charge on any atom is -0.393 e. The maximum Gasteiger partial charge on any atom is 0.251 e. The highest BCUT2D eigenvalue weighted by Gasteiger charge is 2.31. The van der Waals surface area contributed by atoms with E-state index in [2.05, 4.69) is 73.3 Å². The zero-order valence-electron chi connectivity index (χ0n) is 73.2. The van der Waals surface area contributed by atoms with Crippen LogP contribution in [0.3, 0.4) is 0 Å². The second kappa shape index (κ2) is 39.4. The summed E-state index contributed by atoms with van der Waals surface area (Å²) in [6, 6.07) is 62.5. The summed E-state index contributed by atoms with van der Waals surface area (Å²) in [5.74, 6) is 1.28. The van der Waals surface area contributed by atoms with Gasteiger partial charge in [0.2, 0.25) is 0 Å². The van der Waals surface area contributed by atoms with Gasteiger partial charge in [-0.05, 0) is 148 Å². The normalized spacial score (nSPS) is 15.9. The van der Waals surface area contributed by atoms with Crippen molar-refractivity contribution in [3.8, 4) is 45.0 Å². The van der Waals surface area contributed by atoms with Crippen molar-refractivity contribution < 1.29 is 29.4 Å². The summed E-state index contributed by atoms with van der Waals surface area (Å²) in [5, 5.41) is 54.5. The van der Waals surface area contributed by atoms with Gasteiger partial charge in [-0.25, -0.2) is 58.6 Å². The molecule has 4 amide bonds. The lowest BCUT2D eigenvalue weighted by Gasteiger charge is -2.26. The molecule has 0 aliphatic heterocycles. The second-order valence-electron chi connectivity index (χ2n) is 33.5. The topological polar surface area (TPSA) is 435 Å². The third kappa shape index (κ3) is 19.4. The van der Waals surface area contributed by atoms with Crippen LogP contribution in [-0.4, -0.2) is 125 Å². The van der Waals surface area contributed by atoms with Gasteiger partial charge in [-0.1, -0.05) is 207 Å². The van der Waals surface area contributed by atoms with Crippen molar-refractivity contribution in [2.45, 2.75) is 161 Å². The van der Waals surface area contributed by atoms with E-state index in [-0.39, 0.29) is 47.9 Å². The molecule has 0 saturated heterocycles. The molecule has 131 heavy (non-hydrogen) atoms. The molecule has 20 rings (SSSR count). The lowest BCUT2D eigenvalue weighted by atomic mass is 9.93. The molecule has 4 aliphatic rings. The first-order chi connectivity index (χ1) is 63.7. The van der Waals surface area contributed by atoms with Gasteiger partial charge in [-0.3, -0.25) is 19.2 Å². The first-order valence-corrected chi connectivity index (χ1v) is 44.1. The average molecular weight is 1750 g/mol. The Morgan fingerprint density at radius 1 is 0.336 bits per heavy atom. The average Bonchev–Trinajstić information content (AvgIpc) is 1.63. The van der Waals surface area contributed by atoms with Gasteiger partial charge in [0.15, 0.2) is 22.6 Å². The van der Waals surface area contributed by atoms with Crippen LogP contribution < -0.4 is 44.2 Å². The Kier molecular flexibility index (Phi) is 26.3. The van der Waals surface area contributed by atoms with E-state index in [0.29, 0.717) is 113 Å². The first-order valence-electron chi connectivity index (χ1n) is 44.1. The summed E-state index contributed by atoms with van der Waals surface area (Å²) in [6.07, 6.45) is 23.5. The SMILES string of the molecule is Cc1ccccc1C(=O)NCc1ccc(-c2nn(C3C=CC(O)C3)c3ncnc(N)c23)cc1.Cc1ccccc1C(=O)NCc1ccc(-c2nn(C3CC=CC3)c3ncnc(N)c23)cc1.Cc1ccccc1C(=O)NCc1ccc(-c2nn(C3CCCC(O)C3)c3ncnc(N)c23)cc1.Cc1ccccc1C(=O)NCc1ccc(-c2nn(C3CCCC3)c3ncnc(N)c23)cc1. The van der Waals surface area contributed by atoms with Gasteiger partial charge in [0.1, 0.15) is 71.4 Å². The molecule has 0 spiro atoms. The monoisotopic (exact) mass is 1750 g/mol. The number of anilines is 4. The summed E-state index contributed by atoms with van der Waals surface area (Å²) in [7, 11) is 0. The molecule has 662 valence electrons. The molecule has 4 aliphatic carbocycles. The number of carbonyl (C=O) groups is 4. The Labute approximate surface area is 755 Å². The predicted octanol–water partition coefficient (Wildman–Crippen LogP) is 15.6. The molecule has 0 radical (unpaired) electrons. The molecule has 4 unspecified atom stereocenters. The summed E-state index contributed by atoms with van der Waals surface area (Å²) in [6.45, 7) is 9.46. The van der Waals surface area contributed by atoms with Crippen molar-refractivity contribution in [2.75, 3.05) is 22.9 Å². The molecule has 30 nitrogen and oxygen atoms in total. The van der Waals surface area contributed by atoms with Gasteiger partial charge in [0.05, 0.1) is 57.9 Å². The van der Waals surface area contributed by atoms with Crippen molar-refractivity contribution in [1.29, 1.82) is 0 Å². The number of benzene rings is 8. The van der Waals surface area contributed by atoms with Gasteiger partial charge in [-0.15, -0.1) is 0 Å². The minimum atomic E-state index is -0.494. The fourth-order valence-electron chi connectivity index (χ4n) is 17.5. The van der Waals surface area contributed by atoms with E-state index in [1.807, 2.05) is 242 Å². The Balaban J connectivity index is 0.000000122. The molecular weight excluding hydrogens is 1650 g/mol. The number of aliphatic hydroxyl groups is 2. The molecule has 8 heterocycles. The van der Waals surface area contributed by atoms with Crippen LogP contribution in [0.5, 0.6) is 0 Å². The van der Waals surface area contributed by atoms with Crippen LogP contribution in [0.4, 0.5) is 23.3 Å². The molecule has 0 bridgehead atoms. The summed E-state index contributed by atoms with van der Waals surface area (Å²) >= 11 is 0. The van der Waals surface area contributed by atoms with Gasteiger partial charge in [0.25, 0.3) is 23.6 Å². The number of nitrogens with two attached hydrogens (primary N) is 4. The molecule has 4 atom stereocenters. The van der Waals surface area contributed by atoms with Crippen LogP contribution in [0.2, 0.25) is 0 Å². The summed E-state index contributed by atoms with van der Waals surface area (Å²) < 4.78 is 7.71. The first kappa shape index (κ1) is 87.5.